The van der Waals surface area contributed by atoms with Crippen LogP contribution >= 0.6 is 0 Å². The second-order valence-corrected chi connectivity index (χ2v) is 8.49. The summed E-state index contributed by atoms with van der Waals surface area (Å²) in [6, 6.07) is 6.88. The molecule has 0 unspecified atom stereocenters. The van der Waals surface area contributed by atoms with Crippen molar-refractivity contribution in [2.45, 2.75) is 32.2 Å². The molecule has 4 rings (SSSR count). The number of hydrogen-bond donors (Lipinski definition) is 3. The van der Waals surface area contributed by atoms with Crippen molar-refractivity contribution in [3.63, 3.8) is 0 Å². The first-order chi connectivity index (χ1) is 16.9. The first-order valence-electron chi connectivity index (χ1n) is 11.8. The van der Waals surface area contributed by atoms with Crippen molar-refractivity contribution in [3.8, 4) is 0 Å². The third kappa shape index (κ3) is 6.01. The number of benzene rings is 1. The van der Waals surface area contributed by atoms with Crippen molar-refractivity contribution >= 4 is 35.2 Å². The molecule has 1 aromatic carbocycles. The van der Waals surface area contributed by atoms with E-state index in [2.05, 4.69) is 25.8 Å². The molecule has 0 spiro atoms. The predicted octanol–water partition coefficient (Wildman–Crippen LogP) is 0.682. The lowest BCUT2D eigenvalue weighted by Crippen LogP contribution is -2.48. The Kier molecular flexibility index (Phi) is 7.70. The Hall–Kier alpha value is -3.80. The summed E-state index contributed by atoms with van der Waals surface area (Å²) in [4.78, 5) is 44.6. The molecule has 0 radical (unpaired) electrons. The highest BCUT2D eigenvalue weighted by Gasteiger charge is 2.25. The number of morpholine rings is 1. The fourth-order valence-corrected chi connectivity index (χ4v) is 4.09. The third-order valence-electron chi connectivity index (χ3n) is 5.99. The zero-order valence-electron chi connectivity index (χ0n) is 19.7. The van der Waals surface area contributed by atoms with Crippen LogP contribution in [0.2, 0.25) is 0 Å². The Labute approximate surface area is 203 Å². The van der Waals surface area contributed by atoms with Gasteiger partial charge >= 0.3 is 0 Å². The minimum absolute atomic E-state index is 0.00197. The van der Waals surface area contributed by atoms with Crippen molar-refractivity contribution in [2.24, 2.45) is 5.73 Å². The van der Waals surface area contributed by atoms with Gasteiger partial charge in [0.05, 0.1) is 13.2 Å². The smallest absolute Gasteiger partial charge is 0.273 e. The second kappa shape index (κ2) is 11.1. The number of rotatable bonds is 7. The Morgan fingerprint density at radius 1 is 1.11 bits per heavy atom. The summed E-state index contributed by atoms with van der Waals surface area (Å²) in [7, 11) is 0. The number of hydrogen-bond acceptors (Lipinski definition) is 9. The van der Waals surface area contributed by atoms with E-state index >= 15 is 0 Å². The fraction of sp³-hybridized carbons (Fsp3) is 0.478. The van der Waals surface area contributed by atoms with Crippen LogP contribution in [0.25, 0.3) is 0 Å². The van der Waals surface area contributed by atoms with Gasteiger partial charge in [0, 0.05) is 49.9 Å². The molecule has 3 amide bonds. The number of ether oxygens (including phenoxy) is 1. The Balaban J connectivity index is 1.49. The highest BCUT2D eigenvalue weighted by Crippen LogP contribution is 2.22. The number of nitrogens with zero attached hydrogens (tertiary/aromatic N) is 5. The number of anilines is 3. The quantitative estimate of drug-likeness (QED) is 0.516. The van der Waals surface area contributed by atoms with Gasteiger partial charge in [-0.3, -0.25) is 14.4 Å². The van der Waals surface area contributed by atoms with E-state index in [1.165, 1.54) is 0 Å². The van der Waals surface area contributed by atoms with Crippen LogP contribution in [0, 0.1) is 0 Å². The molecule has 35 heavy (non-hydrogen) atoms. The molecule has 12 heteroatoms. The van der Waals surface area contributed by atoms with Crippen molar-refractivity contribution < 1.29 is 19.1 Å². The topological polar surface area (TPSA) is 156 Å². The first-order valence-corrected chi connectivity index (χ1v) is 11.8. The van der Waals surface area contributed by atoms with Crippen molar-refractivity contribution in [3.05, 3.63) is 35.5 Å². The fourth-order valence-electron chi connectivity index (χ4n) is 4.09. The summed E-state index contributed by atoms with van der Waals surface area (Å²) in [5, 5.41) is 14.2. The molecule has 12 nitrogen and oxygen atoms in total. The molecule has 1 aromatic heterocycles. The third-order valence-corrected chi connectivity index (χ3v) is 5.99. The molecule has 2 aromatic rings. The van der Waals surface area contributed by atoms with Crippen molar-refractivity contribution in [2.75, 3.05) is 49.6 Å². The Bertz CT molecular complexity index is 1070. The molecular formula is C23H30N8O4. The molecule has 4 N–H and O–H groups in total. The van der Waals surface area contributed by atoms with Gasteiger partial charge in [-0.15, -0.1) is 10.2 Å². The van der Waals surface area contributed by atoms with E-state index in [1.54, 1.807) is 29.2 Å². The maximum absolute atomic E-state index is 12.7. The lowest BCUT2D eigenvalue weighted by molar-refractivity contribution is -0.121. The molecule has 0 saturated carbocycles. The number of carbonyl (C=O) groups excluding carboxylic acids is 3. The van der Waals surface area contributed by atoms with Gasteiger partial charge in [0.15, 0.2) is 11.5 Å². The van der Waals surface area contributed by atoms with E-state index < -0.39 is 5.91 Å². The summed E-state index contributed by atoms with van der Waals surface area (Å²) < 4.78 is 5.30. The van der Waals surface area contributed by atoms with E-state index in [0.29, 0.717) is 63.0 Å². The second-order valence-electron chi connectivity index (χ2n) is 8.49. The average molecular weight is 483 g/mol. The number of nitrogens with one attached hydrogen (secondary N) is 2. The number of primary amides is 1. The minimum atomic E-state index is -0.759. The van der Waals surface area contributed by atoms with Gasteiger partial charge in [0.1, 0.15) is 0 Å². The number of amides is 3. The summed E-state index contributed by atoms with van der Waals surface area (Å²) in [6.07, 6.45) is 2.15. The van der Waals surface area contributed by atoms with Crippen LogP contribution in [0.5, 0.6) is 0 Å². The Morgan fingerprint density at radius 2 is 1.86 bits per heavy atom. The van der Waals surface area contributed by atoms with Gasteiger partial charge in [0.25, 0.3) is 11.8 Å². The van der Waals surface area contributed by atoms with Gasteiger partial charge in [-0.2, -0.15) is 4.98 Å². The van der Waals surface area contributed by atoms with Gasteiger partial charge in [-0.05, 0) is 37.1 Å². The van der Waals surface area contributed by atoms with Gasteiger partial charge < -0.3 is 30.9 Å². The molecule has 186 valence electrons. The number of aromatic nitrogens is 3. The van der Waals surface area contributed by atoms with Crippen LogP contribution in [-0.2, 0) is 9.53 Å². The van der Waals surface area contributed by atoms with Crippen LogP contribution in [0.4, 0.5) is 17.5 Å². The van der Waals surface area contributed by atoms with Gasteiger partial charge in [-0.25, -0.2) is 0 Å². The summed E-state index contributed by atoms with van der Waals surface area (Å²) >= 11 is 0. The standard InChI is InChI=1S/C23H30N8O4/c1-2-18(32)25-17-4-3-9-31(14-17)23-27-21(19(20(24)33)28-29-23)26-16-7-5-15(6-8-16)22(34)30-10-12-35-13-11-30/h5-8,17H,2-4,9-14H2,1H3,(H2,24,33)(H,25,32)(H,26,27,29)/t17-/m0/s1. The molecular weight excluding hydrogens is 452 g/mol. The summed E-state index contributed by atoms with van der Waals surface area (Å²) in [6.45, 7) is 5.26. The number of nitrogens with two attached hydrogens (primary N) is 1. The number of carbonyl (C=O) groups is 3. The van der Waals surface area contributed by atoms with Crippen molar-refractivity contribution in [1.29, 1.82) is 0 Å². The largest absolute Gasteiger partial charge is 0.378 e. The average Bonchev–Trinajstić information content (AvgIpc) is 2.89. The Morgan fingerprint density at radius 3 is 2.54 bits per heavy atom. The molecule has 2 aliphatic rings. The summed E-state index contributed by atoms with van der Waals surface area (Å²) in [5.74, 6) is -0.303. The summed E-state index contributed by atoms with van der Waals surface area (Å²) in [5.41, 5.74) is 6.58. The monoisotopic (exact) mass is 482 g/mol. The highest BCUT2D eigenvalue weighted by atomic mass is 16.5. The molecule has 2 saturated heterocycles. The molecule has 0 bridgehead atoms. The normalized spacial score (nSPS) is 18.1. The van der Waals surface area contributed by atoms with Gasteiger partial charge in [0.2, 0.25) is 11.9 Å². The van der Waals surface area contributed by atoms with E-state index in [-0.39, 0.29) is 29.4 Å². The molecule has 1 atom stereocenters. The zero-order chi connectivity index (χ0) is 24.8. The van der Waals surface area contributed by atoms with Crippen LogP contribution in [0.3, 0.4) is 0 Å². The van der Waals surface area contributed by atoms with Crippen LogP contribution < -0.4 is 21.3 Å². The number of piperidine rings is 1. The highest BCUT2D eigenvalue weighted by molar-refractivity contribution is 5.97. The SMILES string of the molecule is CCC(=O)N[C@H]1CCCN(c2nnc(C(N)=O)c(Nc3ccc(C(=O)N4CCOCC4)cc3)n2)C1. The molecule has 2 fully saturated rings. The lowest BCUT2D eigenvalue weighted by atomic mass is 10.1. The minimum Gasteiger partial charge on any atom is -0.378 e. The van der Waals surface area contributed by atoms with Crippen LogP contribution in [0.15, 0.2) is 24.3 Å². The van der Waals surface area contributed by atoms with E-state index in [1.807, 2.05) is 11.8 Å². The van der Waals surface area contributed by atoms with Gasteiger partial charge in [-0.1, -0.05) is 6.92 Å². The maximum atomic E-state index is 12.7. The lowest BCUT2D eigenvalue weighted by Gasteiger charge is -2.33. The maximum Gasteiger partial charge on any atom is 0.273 e. The molecule has 0 aliphatic carbocycles. The zero-order valence-corrected chi connectivity index (χ0v) is 19.7. The molecule has 2 aliphatic heterocycles. The van der Waals surface area contributed by atoms with E-state index in [4.69, 9.17) is 10.5 Å². The van der Waals surface area contributed by atoms with Crippen LogP contribution in [-0.4, -0.2) is 83.2 Å². The van der Waals surface area contributed by atoms with E-state index in [0.717, 1.165) is 12.8 Å². The van der Waals surface area contributed by atoms with E-state index in [9.17, 15) is 14.4 Å². The first kappa shape index (κ1) is 24.3. The molecule has 3 heterocycles. The van der Waals surface area contributed by atoms with Crippen molar-refractivity contribution in [1.82, 2.24) is 25.4 Å². The predicted molar refractivity (Wildman–Crippen MR) is 128 cm³/mol. The van der Waals surface area contributed by atoms with Crippen LogP contribution in [0.1, 0.15) is 47.0 Å².